The van der Waals surface area contributed by atoms with Crippen molar-refractivity contribution in [3.63, 3.8) is 0 Å². The molecule has 0 unspecified atom stereocenters. The second kappa shape index (κ2) is 15.4. The van der Waals surface area contributed by atoms with Crippen LogP contribution in [-0.2, 0) is 0 Å². The number of nitrogens with zero attached hydrogens (tertiary/aromatic N) is 4. The molecule has 0 aliphatic carbocycles. The number of anilines is 1. The van der Waals surface area contributed by atoms with Gasteiger partial charge in [0, 0.05) is 33.0 Å². The lowest BCUT2D eigenvalue weighted by Gasteiger charge is -2.24. The summed E-state index contributed by atoms with van der Waals surface area (Å²) in [7, 11) is 0. The van der Waals surface area contributed by atoms with Gasteiger partial charge in [-0.3, -0.25) is 9.59 Å². The molecule has 1 aromatic heterocycles. The Labute approximate surface area is 369 Å². The van der Waals surface area contributed by atoms with Crippen molar-refractivity contribution >= 4 is 39.3 Å². The lowest BCUT2D eigenvalue weighted by atomic mass is 9.90. The quantitative estimate of drug-likeness (QED) is 0.150. The van der Waals surface area contributed by atoms with E-state index in [1.165, 1.54) is 4.90 Å². The number of rotatable bonds is 7. The van der Waals surface area contributed by atoms with Crippen LogP contribution in [0, 0.1) is 22.7 Å². The van der Waals surface area contributed by atoms with Crippen molar-refractivity contribution in [2.75, 3.05) is 4.90 Å². The van der Waals surface area contributed by atoms with Crippen molar-refractivity contribution in [2.45, 2.75) is 0 Å². The Hall–Kier alpha value is -9.10. The number of hydrogen-bond donors (Lipinski definition) is 0. The molecule has 1 aliphatic rings. The van der Waals surface area contributed by atoms with E-state index in [0.29, 0.717) is 28.1 Å². The number of fused-ring (bicyclic) bond motifs is 4. The van der Waals surface area contributed by atoms with Crippen LogP contribution in [0.5, 0.6) is 0 Å². The zero-order valence-corrected chi connectivity index (χ0v) is 34.2. The van der Waals surface area contributed by atoms with Crippen molar-refractivity contribution in [2.24, 2.45) is 0 Å². The van der Waals surface area contributed by atoms with Gasteiger partial charge in [0.2, 0.25) is 0 Å². The molecule has 0 spiro atoms. The summed E-state index contributed by atoms with van der Waals surface area (Å²) in [6.07, 6.45) is 0. The zero-order valence-electron chi connectivity index (χ0n) is 34.2. The fourth-order valence-corrected chi connectivity index (χ4v) is 9.45. The first kappa shape index (κ1) is 37.9. The molecule has 6 nitrogen and oxygen atoms in total. The standard InChI is InChI=1S/C58H34N4O2/c59-35-40-23-10-12-25-43(40)45-27-14-30-50-53(45)54-46(44-26-13-11-24-41(44)36-60)28-15-31-51(54)61(50)52-32-16-29-47-55(52)58(64)62(57(47)63)56-48(38-19-6-2-7-20-38)33-42(37-17-4-1-5-18-37)34-49(56)39-21-8-3-9-22-39/h1-34H. The molecule has 0 saturated heterocycles. The summed E-state index contributed by atoms with van der Waals surface area (Å²) in [5.74, 6) is -0.860. The van der Waals surface area contributed by atoms with Crippen molar-refractivity contribution in [1.82, 2.24) is 4.57 Å². The van der Waals surface area contributed by atoms with Crippen LogP contribution >= 0.6 is 0 Å². The molecule has 6 heteroatoms. The molecule has 0 saturated carbocycles. The van der Waals surface area contributed by atoms with E-state index in [4.69, 9.17) is 0 Å². The highest BCUT2D eigenvalue weighted by Crippen LogP contribution is 2.48. The normalized spacial score (nSPS) is 12.1. The summed E-state index contributed by atoms with van der Waals surface area (Å²) in [5.41, 5.74) is 12.5. The van der Waals surface area contributed by atoms with Crippen LogP contribution in [0.1, 0.15) is 31.8 Å². The number of carbonyl (C=O) groups excluding carboxylic acids is 2. The van der Waals surface area contributed by atoms with E-state index < -0.39 is 11.8 Å². The van der Waals surface area contributed by atoms with Gasteiger partial charge >= 0.3 is 0 Å². The molecule has 0 N–H and O–H groups in total. The first-order valence-electron chi connectivity index (χ1n) is 21.0. The van der Waals surface area contributed by atoms with Crippen LogP contribution in [0.4, 0.5) is 5.69 Å². The Balaban J connectivity index is 1.20. The summed E-state index contributed by atoms with van der Waals surface area (Å²) in [4.78, 5) is 32.3. The van der Waals surface area contributed by atoms with Gasteiger partial charge in [-0.1, -0.05) is 158 Å². The largest absolute Gasteiger partial charge is 0.308 e. The average Bonchev–Trinajstić information content (AvgIpc) is 3.84. The molecule has 1 aliphatic heterocycles. The number of imide groups is 1. The first-order chi connectivity index (χ1) is 31.6. The second-order valence-corrected chi connectivity index (χ2v) is 15.7. The summed E-state index contributed by atoms with van der Waals surface area (Å²) >= 11 is 0. The van der Waals surface area contributed by atoms with Gasteiger partial charge in [0.1, 0.15) is 0 Å². The van der Waals surface area contributed by atoms with Crippen molar-refractivity contribution in [1.29, 1.82) is 10.5 Å². The summed E-state index contributed by atoms with van der Waals surface area (Å²) in [5, 5.41) is 22.3. The van der Waals surface area contributed by atoms with Crippen LogP contribution in [0.15, 0.2) is 206 Å². The molecule has 10 aromatic rings. The van der Waals surface area contributed by atoms with Gasteiger partial charge in [-0.25, -0.2) is 4.90 Å². The van der Waals surface area contributed by atoms with Crippen molar-refractivity contribution in [3.8, 4) is 73.5 Å². The van der Waals surface area contributed by atoms with E-state index in [1.807, 2.05) is 176 Å². The molecule has 9 aromatic carbocycles. The van der Waals surface area contributed by atoms with Crippen LogP contribution in [0.25, 0.3) is 83.1 Å². The summed E-state index contributed by atoms with van der Waals surface area (Å²) in [6, 6.07) is 71.3. The molecule has 298 valence electrons. The minimum Gasteiger partial charge on any atom is -0.308 e. The Morgan fingerprint density at radius 3 is 1.28 bits per heavy atom. The van der Waals surface area contributed by atoms with Gasteiger partial charge in [-0.2, -0.15) is 10.5 Å². The Bertz CT molecular complexity index is 3440. The second-order valence-electron chi connectivity index (χ2n) is 15.7. The maximum atomic E-state index is 15.7. The SMILES string of the molecule is N#Cc1ccccc1-c1cccc2c1c1c(-c3ccccc3C#N)cccc1n2-c1cccc2c1C(=O)N(c1c(-c3ccccc3)cc(-c3ccccc3)cc1-c1ccccc1)C2=O. The molecule has 0 fully saturated rings. The van der Waals surface area contributed by atoms with E-state index >= 15 is 9.59 Å². The van der Waals surface area contributed by atoms with E-state index in [1.54, 1.807) is 6.07 Å². The highest BCUT2D eigenvalue weighted by Gasteiger charge is 2.42. The minimum absolute atomic E-state index is 0.280. The van der Waals surface area contributed by atoms with E-state index in [0.717, 1.165) is 77.4 Å². The minimum atomic E-state index is -0.440. The number of nitriles is 2. The third-order valence-electron chi connectivity index (χ3n) is 12.2. The molecule has 0 atom stereocenters. The topological polar surface area (TPSA) is 89.9 Å². The van der Waals surface area contributed by atoms with E-state index in [2.05, 4.69) is 41.0 Å². The van der Waals surface area contributed by atoms with Crippen LogP contribution in [-0.4, -0.2) is 16.4 Å². The van der Waals surface area contributed by atoms with Crippen LogP contribution < -0.4 is 4.90 Å². The molecule has 2 amide bonds. The zero-order chi connectivity index (χ0) is 43.3. The van der Waals surface area contributed by atoms with Crippen LogP contribution in [0.2, 0.25) is 0 Å². The number of benzene rings is 9. The molecule has 64 heavy (non-hydrogen) atoms. The summed E-state index contributed by atoms with van der Waals surface area (Å²) < 4.78 is 2.06. The number of hydrogen-bond acceptors (Lipinski definition) is 4. The maximum Gasteiger partial charge on any atom is 0.268 e. The first-order valence-corrected chi connectivity index (χ1v) is 21.0. The van der Waals surface area contributed by atoms with Gasteiger partial charge in [0.25, 0.3) is 11.8 Å². The third-order valence-corrected chi connectivity index (χ3v) is 12.2. The molecule has 11 rings (SSSR count). The van der Waals surface area contributed by atoms with E-state index in [-0.39, 0.29) is 5.56 Å². The average molecular weight is 819 g/mol. The van der Waals surface area contributed by atoms with Crippen molar-refractivity contribution < 1.29 is 9.59 Å². The number of aromatic nitrogens is 1. The molecule has 0 radical (unpaired) electrons. The number of carbonyl (C=O) groups is 2. The van der Waals surface area contributed by atoms with Gasteiger partial charge in [0.05, 0.1) is 56.8 Å². The predicted octanol–water partition coefficient (Wildman–Crippen LogP) is 13.7. The molecular formula is C58H34N4O2. The van der Waals surface area contributed by atoms with Gasteiger partial charge in [-0.15, -0.1) is 0 Å². The highest BCUT2D eigenvalue weighted by atomic mass is 16.2. The Kier molecular flexibility index (Phi) is 9.12. The van der Waals surface area contributed by atoms with Crippen molar-refractivity contribution in [3.05, 3.63) is 229 Å². The van der Waals surface area contributed by atoms with Gasteiger partial charge < -0.3 is 4.57 Å². The Morgan fingerprint density at radius 2 is 0.781 bits per heavy atom. The fourth-order valence-electron chi connectivity index (χ4n) is 9.45. The molecule has 2 heterocycles. The Morgan fingerprint density at radius 1 is 0.359 bits per heavy atom. The van der Waals surface area contributed by atoms with Gasteiger partial charge in [-0.05, 0) is 81.9 Å². The third kappa shape index (κ3) is 5.94. The maximum absolute atomic E-state index is 15.7. The molecular weight excluding hydrogens is 785 g/mol. The highest BCUT2D eigenvalue weighted by molar-refractivity contribution is 6.37. The smallest absolute Gasteiger partial charge is 0.268 e. The summed E-state index contributed by atoms with van der Waals surface area (Å²) in [6.45, 7) is 0. The lowest BCUT2D eigenvalue weighted by molar-refractivity contribution is 0.0926. The monoisotopic (exact) mass is 818 g/mol. The molecule has 0 bridgehead atoms. The lowest BCUT2D eigenvalue weighted by Crippen LogP contribution is -2.30. The van der Waals surface area contributed by atoms with Crippen LogP contribution in [0.3, 0.4) is 0 Å². The predicted molar refractivity (Wildman–Crippen MR) is 255 cm³/mol. The van der Waals surface area contributed by atoms with Gasteiger partial charge in [0.15, 0.2) is 0 Å². The fraction of sp³-hybridized carbons (Fsp3) is 0. The van der Waals surface area contributed by atoms with E-state index in [9.17, 15) is 10.5 Å². The number of amides is 2.